The fourth-order valence-electron chi connectivity index (χ4n) is 10.0. The molecule has 0 amide bonds. The summed E-state index contributed by atoms with van der Waals surface area (Å²) in [4.78, 5) is 10.0. The van der Waals surface area contributed by atoms with Crippen molar-refractivity contribution in [2.24, 2.45) is 17.8 Å². The maximum absolute atomic E-state index is 6.30. The van der Waals surface area contributed by atoms with Gasteiger partial charge in [-0.3, -0.25) is 0 Å². The summed E-state index contributed by atoms with van der Waals surface area (Å²) in [7, 11) is 0. The fraction of sp³-hybridized carbons (Fsp3) is 0.227. The average Bonchev–Trinajstić information content (AvgIpc) is 3.61. The first-order valence-corrected chi connectivity index (χ1v) is 17.2. The van der Waals surface area contributed by atoms with Gasteiger partial charge in [-0.15, -0.1) is 0 Å². The maximum Gasteiger partial charge on any atom is 0.182 e. The van der Waals surface area contributed by atoms with Crippen LogP contribution in [0.1, 0.15) is 44.1 Å². The molecule has 4 saturated carbocycles. The normalized spacial score (nSPS) is 23.1. The Labute approximate surface area is 275 Å². The minimum Gasteiger partial charge on any atom is -0.443 e. The number of hydrogen-bond donors (Lipinski definition) is 0. The molecule has 0 aliphatic heterocycles. The summed E-state index contributed by atoms with van der Waals surface area (Å²) < 4.78 is 6.30. The molecular formula is C44H36N2O. The van der Waals surface area contributed by atoms with Gasteiger partial charge in [0.2, 0.25) is 0 Å². The van der Waals surface area contributed by atoms with Crippen LogP contribution in [0.5, 0.6) is 0 Å². The largest absolute Gasteiger partial charge is 0.443 e. The highest BCUT2D eigenvalue weighted by Crippen LogP contribution is 2.61. The minimum atomic E-state index is 0.255. The van der Waals surface area contributed by atoms with Crippen molar-refractivity contribution in [2.45, 2.75) is 43.9 Å². The molecule has 0 radical (unpaired) electrons. The summed E-state index contributed by atoms with van der Waals surface area (Å²) in [6, 6.07) is 43.6. The van der Waals surface area contributed by atoms with Crippen molar-refractivity contribution in [3.8, 4) is 44.8 Å². The van der Waals surface area contributed by atoms with E-state index in [0.29, 0.717) is 0 Å². The molecule has 2 heterocycles. The number of rotatable bonds is 5. The molecule has 7 aromatic rings. The topological polar surface area (TPSA) is 38.9 Å². The van der Waals surface area contributed by atoms with Gasteiger partial charge in [0.25, 0.3) is 0 Å². The van der Waals surface area contributed by atoms with Crippen molar-refractivity contribution < 1.29 is 4.42 Å². The maximum atomic E-state index is 6.30. The number of aromatic nitrogens is 2. The Bertz CT molecular complexity index is 2190. The van der Waals surface area contributed by atoms with Crippen molar-refractivity contribution in [3.05, 3.63) is 133 Å². The molecule has 0 N–H and O–H groups in total. The molecule has 3 nitrogen and oxygen atoms in total. The quantitative estimate of drug-likeness (QED) is 0.195. The summed E-state index contributed by atoms with van der Waals surface area (Å²) in [5.41, 5.74) is 12.5. The predicted molar refractivity (Wildman–Crippen MR) is 191 cm³/mol. The highest BCUT2D eigenvalue weighted by atomic mass is 16.3. The smallest absolute Gasteiger partial charge is 0.182 e. The van der Waals surface area contributed by atoms with Gasteiger partial charge in [0.1, 0.15) is 5.52 Å². The van der Waals surface area contributed by atoms with E-state index >= 15 is 0 Å². The lowest BCUT2D eigenvalue weighted by atomic mass is 9.48. The molecule has 3 heteroatoms. The van der Waals surface area contributed by atoms with Crippen LogP contribution < -0.4 is 0 Å². The Morgan fingerprint density at radius 3 is 1.68 bits per heavy atom. The van der Waals surface area contributed by atoms with Crippen LogP contribution >= 0.6 is 0 Å². The van der Waals surface area contributed by atoms with E-state index in [0.717, 1.165) is 62.5 Å². The monoisotopic (exact) mass is 608 g/mol. The third-order valence-corrected chi connectivity index (χ3v) is 11.6. The molecule has 0 spiro atoms. The SMILES string of the molecule is c1ccc(-c2cc(-c3ccc(-c4ccc(C56CC7CC(CC(C7)C5)C6)c5ocnc45)c4ccccc34)cc(-c3ccccc3)n2)cc1. The van der Waals surface area contributed by atoms with E-state index in [-0.39, 0.29) is 5.41 Å². The first-order chi connectivity index (χ1) is 23.2. The average molecular weight is 609 g/mol. The minimum absolute atomic E-state index is 0.255. The second-order valence-electron chi connectivity index (χ2n) is 14.5. The number of hydrogen-bond acceptors (Lipinski definition) is 3. The zero-order valence-electron chi connectivity index (χ0n) is 26.4. The molecule has 4 aliphatic carbocycles. The zero-order chi connectivity index (χ0) is 31.0. The number of fused-ring (bicyclic) bond motifs is 2. The van der Waals surface area contributed by atoms with E-state index in [1.54, 1.807) is 6.39 Å². The molecule has 0 atom stereocenters. The highest BCUT2D eigenvalue weighted by Gasteiger charge is 2.52. The van der Waals surface area contributed by atoms with Gasteiger partial charge in [-0.2, -0.15) is 0 Å². The third-order valence-electron chi connectivity index (χ3n) is 11.6. The van der Waals surface area contributed by atoms with Gasteiger partial charge in [0.05, 0.1) is 11.4 Å². The van der Waals surface area contributed by atoms with E-state index < -0.39 is 0 Å². The second kappa shape index (κ2) is 10.5. The Kier molecular flexibility index (Phi) is 6.06. The molecule has 5 aromatic carbocycles. The number of nitrogens with zero attached hydrogens (tertiary/aromatic N) is 2. The number of benzene rings is 5. The Hall–Kier alpha value is -5.02. The molecular weight excluding hydrogens is 572 g/mol. The second-order valence-corrected chi connectivity index (χ2v) is 14.5. The van der Waals surface area contributed by atoms with E-state index in [1.165, 1.54) is 66.0 Å². The van der Waals surface area contributed by atoms with Gasteiger partial charge in [-0.25, -0.2) is 9.97 Å². The van der Waals surface area contributed by atoms with E-state index in [1.807, 2.05) is 0 Å². The molecule has 0 saturated heterocycles. The van der Waals surface area contributed by atoms with Crippen molar-refractivity contribution in [2.75, 3.05) is 0 Å². The number of pyridine rings is 1. The summed E-state index contributed by atoms with van der Waals surface area (Å²) in [6.07, 6.45) is 9.92. The highest BCUT2D eigenvalue weighted by molar-refractivity contribution is 6.09. The standard InChI is InChI=1S/C44H36N2O/c1-3-9-31(10-4-1)40-22-33(23-41(46-40)32-11-5-2-6-12-32)34-15-16-37(36-14-8-7-13-35(34)36)38-17-18-39(43-42(38)45-27-47-43)44-24-28-19-29(25-44)21-30(20-28)26-44/h1-18,22-23,27-30H,19-21,24-26H2. The van der Waals surface area contributed by atoms with Crippen LogP contribution in [0.25, 0.3) is 66.6 Å². The van der Waals surface area contributed by atoms with Crippen LogP contribution in [0.4, 0.5) is 0 Å². The lowest BCUT2D eigenvalue weighted by Crippen LogP contribution is -2.48. The zero-order valence-corrected chi connectivity index (χ0v) is 26.4. The van der Waals surface area contributed by atoms with Crippen LogP contribution in [0, 0.1) is 17.8 Å². The van der Waals surface area contributed by atoms with E-state index in [9.17, 15) is 0 Å². The van der Waals surface area contributed by atoms with Gasteiger partial charge >= 0.3 is 0 Å². The van der Waals surface area contributed by atoms with Crippen molar-refractivity contribution in [3.63, 3.8) is 0 Å². The molecule has 2 aromatic heterocycles. The summed E-state index contributed by atoms with van der Waals surface area (Å²) >= 11 is 0. The van der Waals surface area contributed by atoms with Crippen LogP contribution in [0.3, 0.4) is 0 Å². The molecule has 0 unspecified atom stereocenters. The van der Waals surface area contributed by atoms with Crippen molar-refractivity contribution in [1.29, 1.82) is 0 Å². The molecule has 4 aliphatic rings. The van der Waals surface area contributed by atoms with Crippen LogP contribution in [-0.2, 0) is 5.41 Å². The fourth-order valence-corrected chi connectivity index (χ4v) is 10.0. The van der Waals surface area contributed by atoms with Gasteiger partial charge in [0.15, 0.2) is 12.0 Å². The Morgan fingerprint density at radius 2 is 1.06 bits per heavy atom. The van der Waals surface area contributed by atoms with Crippen molar-refractivity contribution in [1.82, 2.24) is 9.97 Å². The molecule has 228 valence electrons. The molecule has 47 heavy (non-hydrogen) atoms. The van der Waals surface area contributed by atoms with E-state index in [2.05, 4.69) is 121 Å². The van der Waals surface area contributed by atoms with E-state index in [4.69, 9.17) is 14.4 Å². The van der Waals surface area contributed by atoms with Gasteiger partial charge in [-0.1, -0.05) is 109 Å². The van der Waals surface area contributed by atoms with Crippen LogP contribution in [-0.4, -0.2) is 9.97 Å². The van der Waals surface area contributed by atoms with Gasteiger partial charge in [0, 0.05) is 22.3 Å². The molecule has 4 fully saturated rings. The van der Waals surface area contributed by atoms with Crippen molar-refractivity contribution >= 4 is 21.9 Å². The van der Waals surface area contributed by atoms with Gasteiger partial charge in [-0.05, 0) is 101 Å². The summed E-state index contributed by atoms with van der Waals surface area (Å²) in [5.74, 6) is 2.65. The predicted octanol–water partition coefficient (Wildman–Crippen LogP) is 11.5. The lowest BCUT2D eigenvalue weighted by Gasteiger charge is -2.57. The summed E-state index contributed by atoms with van der Waals surface area (Å²) in [5, 5.41) is 2.44. The third kappa shape index (κ3) is 4.40. The number of oxazole rings is 1. The Morgan fingerprint density at radius 1 is 0.532 bits per heavy atom. The molecule has 4 bridgehead atoms. The van der Waals surface area contributed by atoms with Crippen LogP contribution in [0.2, 0.25) is 0 Å². The van der Waals surface area contributed by atoms with Crippen LogP contribution in [0.15, 0.2) is 132 Å². The van der Waals surface area contributed by atoms with Gasteiger partial charge < -0.3 is 4.42 Å². The first-order valence-electron chi connectivity index (χ1n) is 17.2. The summed E-state index contributed by atoms with van der Waals surface area (Å²) in [6.45, 7) is 0. The Balaban J connectivity index is 1.13. The first kappa shape index (κ1) is 27.1. The lowest BCUT2D eigenvalue weighted by molar-refractivity contribution is -0.00487. The molecule has 11 rings (SSSR count).